The van der Waals surface area contributed by atoms with Crippen LogP contribution in [0.25, 0.3) is 0 Å². The number of rotatable bonds is 3. The summed E-state index contributed by atoms with van der Waals surface area (Å²) in [5, 5.41) is 19.7. The molecule has 2 N–H and O–H groups in total. The van der Waals surface area contributed by atoms with Crippen molar-refractivity contribution in [1.29, 1.82) is 0 Å². The summed E-state index contributed by atoms with van der Waals surface area (Å²) in [5.74, 6) is -1.08. The van der Waals surface area contributed by atoms with E-state index in [4.69, 9.17) is 5.11 Å². The van der Waals surface area contributed by atoms with E-state index in [9.17, 15) is 14.7 Å². The maximum Gasteiger partial charge on any atom is 0.307 e. The minimum Gasteiger partial charge on any atom is -0.481 e. The third-order valence-corrected chi connectivity index (χ3v) is 4.37. The van der Waals surface area contributed by atoms with Crippen LogP contribution in [0.5, 0.6) is 0 Å². The predicted molar refractivity (Wildman–Crippen MR) is 70.5 cm³/mol. The highest BCUT2D eigenvalue weighted by atomic mass is 16.4. The molecule has 0 aromatic rings. The number of aliphatic hydroxyl groups is 1. The summed E-state index contributed by atoms with van der Waals surface area (Å²) >= 11 is 0. The smallest absolute Gasteiger partial charge is 0.307 e. The quantitative estimate of drug-likeness (QED) is 0.764. The van der Waals surface area contributed by atoms with Crippen LogP contribution in [-0.2, 0) is 9.59 Å². The highest BCUT2D eigenvalue weighted by molar-refractivity contribution is 5.92. The Bertz CT molecular complexity index is 486. The first-order valence-electron chi connectivity index (χ1n) is 6.53. The van der Waals surface area contributed by atoms with Crippen LogP contribution >= 0.6 is 0 Å². The maximum atomic E-state index is 11.6. The molecule has 104 valence electrons. The third-order valence-electron chi connectivity index (χ3n) is 4.37. The molecule has 19 heavy (non-hydrogen) atoms. The molecule has 1 saturated carbocycles. The number of carbonyl (C=O) groups excluding carboxylic acids is 1. The fourth-order valence-electron chi connectivity index (χ4n) is 2.84. The molecule has 0 radical (unpaired) electrons. The first kappa shape index (κ1) is 14.0. The Balaban J connectivity index is 2.22. The van der Waals surface area contributed by atoms with Crippen LogP contribution in [0.3, 0.4) is 0 Å². The number of carboxylic acid groups (broad SMARTS) is 1. The molecule has 4 heteroatoms. The number of hydrogen-bond donors (Lipinski definition) is 2. The molecule has 0 spiro atoms. The molecule has 0 aliphatic heterocycles. The van der Waals surface area contributed by atoms with Crippen LogP contribution in [-0.4, -0.2) is 27.6 Å². The van der Waals surface area contributed by atoms with Crippen LogP contribution in [0.2, 0.25) is 0 Å². The van der Waals surface area contributed by atoms with Crippen molar-refractivity contribution in [2.75, 3.05) is 0 Å². The summed E-state index contributed by atoms with van der Waals surface area (Å²) in [7, 11) is 0. The Kier molecular flexibility index (Phi) is 3.17. The maximum absolute atomic E-state index is 11.6. The van der Waals surface area contributed by atoms with E-state index in [1.807, 2.05) is 13.8 Å². The summed E-state index contributed by atoms with van der Waals surface area (Å²) in [6.07, 6.45) is 5.87. The molecule has 1 fully saturated rings. The highest BCUT2D eigenvalue weighted by Gasteiger charge is 2.48. The normalized spacial score (nSPS) is 37.3. The van der Waals surface area contributed by atoms with Crippen LogP contribution in [0, 0.1) is 17.3 Å². The van der Waals surface area contributed by atoms with Crippen molar-refractivity contribution in [3.63, 3.8) is 0 Å². The van der Waals surface area contributed by atoms with E-state index in [1.54, 1.807) is 19.1 Å². The van der Waals surface area contributed by atoms with Gasteiger partial charge >= 0.3 is 5.97 Å². The molecule has 0 amide bonds. The SMILES string of the molecule is CC1=CC(=O)CC(C)(C)C1(O)/C=C/[C@@H]1C[C@@H]1C(=O)O. The molecule has 2 aliphatic rings. The van der Waals surface area contributed by atoms with Gasteiger partial charge in [-0.25, -0.2) is 0 Å². The van der Waals surface area contributed by atoms with E-state index in [0.717, 1.165) is 0 Å². The van der Waals surface area contributed by atoms with Crippen LogP contribution in [0.15, 0.2) is 23.8 Å². The Hall–Kier alpha value is -1.42. The zero-order chi connectivity index (χ0) is 14.4. The summed E-state index contributed by atoms with van der Waals surface area (Å²) in [5.41, 5.74) is -1.13. The monoisotopic (exact) mass is 264 g/mol. The molecule has 0 aromatic carbocycles. The van der Waals surface area contributed by atoms with Gasteiger partial charge in [0.25, 0.3) is 0 Å². The number of allylic oxidation sites excluding steroid dienone is 2. The summed E-state index contributed by atoms with van der Waals surface area (Å²) in [6.45, 7) is 5.45. The van der Waals surface area contributed by atoms with Gasteiger partial charge in [-0.1, -0.05) is 26.0 Å². The van der Waals surface area contributed by atoms with E-state index >= 15 is 0 Å². The van der Waals surface area contributed by atoms with E-state index in [2.05, 4.69) is 0 Å². The second kappa shape index (κ2) is 4.30. The highest BCUT2D eigenvalue weighted by Crippen LogP contribution is 2.46. The number of carboxylic acids is 1. The molecule has 0 heterocycles. The second-order valence-electron chi connectivity index (χ2n) is 6.32. The Morgan fingerprint density at radius 2 is 2.11 bits per heavy atom. The van der Waals surface area contributed by atoms with Gasteiger partial charge in [-0.15, -0.1) is 0 Å². The Morgan fingerprint density at radius 1 is 1.47 bits per heavy atom. The van der Waals surface area contributed by atoms with Crippen molar-refractivity contribution in [1.82, 2.24) is 0 Å². The van der Waals surface area contributed by atoms with Crippen molar-refractivity contribution >= 4 is 11.8 Å². The van der Waals surface area contributed by atoms with Gasteiger partial charge in [0.2, 0.25) is 0 Å². The fourth-order valence-corrected chi connectivity index (χ4v) is 2.84. The summed E-state index contributed by atoms with van der Waals surface area (Å²) in [6, 6.07) is 0. The lowest BCUT2D eigenvalue weighted by Gasteiger charge is -2.44. The summed E-state index contributed by atoms with van der Waals surface area (Å²) < 4.78 is 0. The van der Waals surface area contributed by atoms with E-state index in [0.29, 0.717) is 12.0 Å². The van der Waals surface area contributed by atoms with Gasteiger partial charge in [0.05, 0.1) is 5.92 Å². The predicted octanol–water partition coefficient (Wildman–Crippen LogP) is 1.94. The Labute approximate surface area is 112 Å². The van der Waals surface area contributed by atoms with Gasteiger partial charge in [-0.2, -0.15) is 0 Å². The minimum absolute atomic E-state index is 0.00255. The lowest BCUT2D eigenvalue weighted by atomic mass is 9.64. The van der Waals surface area contributed by atoms with Crippen molar-refractivity contribution in [2.45, 2.75) is 39.2 Å². The average Bonchev–Trinajstić information content (AvgIpc) is 3.02. The van der Waals surface area contributed by atoms with Crippen molar-refractivity contribution in [3.8, 4) is 0 Å². The molecular formula is C15H20O4. The molecule has 3 atom stereocenters. The third kappa shape index (κ3) is 2.37. The molecule has 4 nitrogen and oxygen atoms in total. The van der Waals surface area contributed by atoms with Gasteiger partial charge in [-0.05, 0) is 30.9 Å². The topological polar surface area (TPSA) is 74.6 Å². The molecule has 1 unspecified atom stereocenters. The zero-order valence-electron chi connectivity index (χ0n) is 11.5. The minimum atomic E-state index is -1.17. The van der Waals surface area contributed by atoms with Gasteiger partial charge in [0, 0.05) is 11.8 Å². The van der Waals surface area contributed by atoms with E-state index in [1.165, 1.54) is 6.08 Å². The van der Waals surface area contributed by atoms with Crippen molar-refractivity contribution in [3.05, 3.63) is 23.8 Å². The molecule has 2 rings (SSSR count). The Morgan fingerprint density at radius 3 is 2.58 bits per heavy atom. The van der Waals surface area contributed by atoms with Gasteiger partial charge in [-0.3, -0.25) is 9.59 Å². The molecule has 0 saturated heterocycles. The van der Waals surface area contributed by atoms with E-state index in [-0.39, 0.29) is 24.0 Å². The number of ketones is 1. The lowest BCUT2D eigenvalue weighted by molar-refractivity contribution is -0.138. The van der Waals surface area contributed by atoms with Crippen LogP contribution < -0.4 is 0 Å². The van der Waals surface area contributed by atoms with Gasteiger partial charge in [0.15, 0.2) is 5.78 Å². The van der Waals surface area contributed by atoms with Gasteiger partial charge < -0.3 is 10.2 Å². The van der Waals surface area contributed by atoms with E-state index < -0.39 is 17.0 Å². The van der Waals surface area contributed by atoms with Crippen molar-refractivity contribution < 1.29 is 19.8 Å². The van der Waals surface area contributed by atoms with Crippen LogP contribution in [0.4, 0.5) is 0 Å². The molecule has 0 bridgehead atoms. The van der Waals surface area contributed by atoms with Gasteiger partial charge in [0.1, 0.15) is 5.60 Å². The second-order valence-corrected chi connectivity index (χ2v) is 6.32. The first-order chi connectivity index (χ1) is 8.67. The number of aliphatic carboxylic acids is 1. The largest absolute Gasteiger partial charge is 0.481 e. The standard InChI is InChI=1S/C15H20O4/c1-9-6-11(16)8-14(2,3)15(9,19)5-4-10-7-12(10)13(17)18/h4-6,10,12,19H,7-8H2,1-3H3,(H,17,18)/b5-4+/t10-,12+,15?/m1/s1. The average molecular weight is 264 g/mol. The van der Waals surface area contributed by atoms with Crippen molar-refractivity contribution in [2.24, 2.45) is 17.3 Å². The molecule has 2 aliphatic carbocycles. The number of carbonyl (C=O) groups is 2. The molecular weight excluding hydrogens is 244 g/mol. The number of hydrogen-bond acceptors (Lipinski definition) is 3. The lowest BCUT2D eigenvalue weighted by Crippen LogP contribution is -2.48. The zero-order valence-corrected chi connectivity index (χ0v) is 11.5. The first-order valence-corrected chi connectivity index (χ1v) is 6.53. The van der Waals surface area contributed by atoms with Crippen LogP contribution in [0.1, 0.15) is 33.6 Å². The fraction of sp³-hybridized carbons (Fsp3) is 0.600. The summed E-state index contributed by atoms with van der Waals surface area (Å²) in [4.78, 5) is 22.4. The molecule has 0 aromatic heterocycles.